The number of carboxylic acids is 1. The van der Waals surface area contributed by atoms with Crippen LogP contribution in [0.25, 0.3) is 0 Å². The molecule has 0 aromatic heterocycles. The van der Waals surface area contributed by atoms with Gasteiger partial charge >= 0.3 is 5.97 Å². The van der Waals surface area contributed by atoms with Crippen molar-refractivity contribution in [2.75, 3.05) is 5.32 Å². The largest absolute Gasteiger partial charge is 0.478 e. The zero-order chi connectivity index (χ0) is 16.5. The summed E-state index contributed by atoms with van der Waals surface area (Å²) in [5.74, 6) is -0.850. The lowest BCUT2D eigenvalue weighted by molar-refractivity contribution is 0.0697. The van der Waals surface area contributed by atoms with Crippen molar-refractivity contribution in [3.8, 4) is 0 Å². The molecule has 0 saturated carbocycles. The fourth-order valence-electron chi connectivity index (χ4n) is 3.43. The fourth-order valence-corrected chi connectivity index (χ4v) is 3.43. The predicted molar refractivity (Wildman–Crippen MR) is 104 cm³/mol. The number of anilines is 1. The van der Waals surface area contributed by atoms with E-state index in [1.54, 1.807) is 12.1 Å². The van der Waals surface area contributed by atoms with Crippen molar-refractivity contribution in [2.45, 2.75) is 83.6 Å². The van der Waals surface area contributed by atoms with Crippen LogP contribution in [-0.2, 0) is 6.42 Å². The Labute approximate surface area is 152 Å². The summed E-state index contributed by atoms with van der Waals surface area (Å²) in [6, 6.07) is 5.93. The molecule has 136 valence electrons. The quantitative estimate of drug-likeness (QED) is 0.475. The molecule has 3 nitrogen and oxygen atoms in total. The van der Waals surface area contributed by atoms with Crippen LogP contribution in [0.15, 0.2) is 18.2 Å². The highest BCUT2D eigenvalue weighted by Gasteiger charge is 2.21. The van der Waals surface area contributed by atoms with E-state index in [2.05, 4.69) is 12.2 Å². The van der Waals surface area contributed by atoms with E-state index in [1.165, 1.54) is 69.8 Å². The Balaban J connectivity index is 0.00000288. The third-order valence-electron chi connectivity index (χ3n) is 4.84. The number of fused-ring (bicyclic) bond motifs is 1. The summed E-state index contributed by atoms with van der Waals surface area (Å²) in [5, 5.41) is 12.5. The van der Waals surface area contributed by atoms with E-state index in [9.17, 15) is 4.79 Å². The Hall–Kier alpha value is -1.22. The Morgan fingerprint density at radius 1 is 1.08 bits per heavy atom. The average Bonchev–Trinajstić information content (AvgIpc) is 2.95. The van der Waals surface area contributed by atoms with Gasteiger partial charge in [-0.2, -0.15) is 0 Å². The molecule has 4 heteroatoms. The maximum absolute atomic E-state index is 11.0. The fraction of sp³-hybridized carbons (Fsp3) is 0.650. The van der Waals surface area contributed by atoms with Crippen LogP contribution in [0.2, 0.25) is 0 Å². The second-order valence-electron chi connectivity index (χ2n) is 6.84. The summed E-state index contributed by atoms with van der Waals surface area (Å²) in [6.45, 7) is 2.26. The first kappa shape index (κ1) is 20.8. The maximum Gasteiger partial charge on any atom is 0.335 e. The zero-order valence-corrected chi connectivity index (χ0v) is 15.7. The minimum absolute atomic E-state index is 0. The van der Waals surface area contributed by atoms with Crippen LogP contribution in [0.1, 0.15) is 87.1 Å². The van der Waals surface area contributed by atoms with Crippen molar-refractivity contribution in [3.05, 3.63) is 29.3 Å². The summed E-state index contributed by atoms with van der Waals surface area (Å²) in [7, 11) is 0. The first-order chi connectivity index (χ1) is 11.2. The number of halogens is 1. The van der Waals surface area contributed by atoms with Gasteiger partial charge in [0.15, 0.2) is 0 Å². The Kier molecular flexibility index (Phi) is 9.85. The molecule has 1 aliphatic heterocycles. The van der Waals surface area contributed by atoms with Crippen LogP contribution >= 0.6 is 12.4 Å². The lowest BCUT2D eigenvalue weighted by atomic mass is 10.0. The summed E-state index contributed by atoms with van der Waals surface area (Å²) in [4.78, 5) is 11.0. The summed E-state index contributed by atoms with van der Waals surface area (Å²) in [6.07, 6.45) is 14.5. The molecule has 1 aromatic carbocycles. The van der Waals surface area contributed by atoms with E-state index in [4.69, 9.17) is 5.11 Å². The van der Waals surface area contributed by atoms with E-state index in [1.807, 2.05) is 6.07 Å². The molecule has 1 heterocycles. The maximum atomic E-state index is 11.0. The molecule has 24 heavy (non-hydrogen) atoms. The number of hydrogen-bond acceptors (Lipinski definition) is 2. The van der Waals surface area contributed by atoms with Crippen molar-refractivity contribution in [2.24, 2.45) is 0 Å². The highest BCUT2D eigenvalue weighted by Crippen LogP contribution is 2.29. The van der Waals surface area contributed by atoms with Gasteiger partial charge in [0.25, 0.3) is 0 Å². The van der Waals surface area contributed by atoms with Crippen molar-refractivity contribution in [1.29, 1.82) is 0 Å². The number of hydrogen-bond donors (Lipinski definition) is 2. The molecule has 0 saturated heterocycles. The van der Waals surface area contributed by atoms with E-state index in [-0.39, 0.29) is 12.4 Å². The molecule has 0 amide bonds. The van der Waals surface area contributed by atoms with Crippen molar-refractivity contribution in [1.82, 2.24) is 0 Å². The molecule has 0 bridgehead atoms. The molecular formula is C20H32ClNO2. The third kappa shape index (κ3) is 6.72. The molecule has 0 aliphatic carbocycles. The zero-order valence-electron chi connectivity index (χ0n) is 14.9. The number of rotatable bonds is 11. The monoisotopic (exact) mass is 353 g/mol. The van der Waals surface area contributed by atoms with Gasteiger partial charge in [0, 0.05) is 11.7 Å². The van der Waals surface area contributed by atoms with Gasteiger partial charge in [0.1, 0.15) is 0 Å². The van der Waals surface area contributed by atoms with Crippen LogP contribution in [0.4, 0.5) is 5.69 Å². The highest BCUT2D eigenvalue weighted by atomic mass is 35.5. The van der Waals surface area contributed by atoms with Gasteiger partial charge in [-0.1, -0.05) is 70.8 Å². The number of aromatic carboxylic acids is 1. The molecule has 2 N–H and O–H groups in total. The second kappa shape index (κ2) is 11.4. The molecule has 0 spiro atoms. The Morgan fingerprint density at radius 2 is 1.71 bits per heavy atom. The SMILES string of the molecule is CCCCCCCCCCC[C@H]1Cc2ccc(C(=O)O)cc2N1.Cl. The highest BCUT2D eigenvalue weighted by molar-refractivity contribution is 5.89. The van der Waals surface area contributed by atoms with E-state index in [0.29, 0.717) is 11.6 Å². The first-order valence-corrected chi connectivity index (χ1v) is 9.33. The van der Waals surface area contributed by atoms with Crippen LogP contribution in [-0.4, -0.2) is 17.1 Å². The van der Waals surface area contributed by atoms with Gasteiger partial charge in [-0.25, -0.2) is 4.79 Å². The number of unbranched alkanes of at least 4 members (excludes halogenated alkanes) is 8. The van der Waals surface area contributed by atoms with Gasteiger partial charge in [-0.15, -0.1) is 12.4 Å². The van der Waals surface area contributed by atoms with Gasteiger partial charge in [0.2, 0.25) is 0 Å². The van der Waals surface area contributed by atoms with Crippen molar-refractivity contribution < 1.29 is 9.90 Å². The first-order valence-electron chi connectivity index (χ1n) is 9.33. The molecular weight excluding hydrogens is 322 g/mol. The molecule has 1 aliphatic rings. The van der Waals surface area contributed by atoms with Crippen LogP contribution in [0.5, 0.6) is 0 Å². The molecule has 0 unspecified atom stereocenters. The Bertz CT molecular complexity index is 504. The second-order valence-corrected chi connectivity index (χ2v) is 6.84. The number of benzene rings is 1. The number of carboxylic acid groups (broad SMARTS) is 1. The van der Waals surface area contributed by atoms with E-state index < -0.39 is 5.97 Å². The third-order valence-corrected chi connectivity index (χ3v) is 4.84. The van der Waals surface area contributed by atoms with Gasteiger partial charge in [0.05, 0.1) is 5.56 Å². The Morgan fingerprint density at radius 3 is 2.33 bits per heavy atom. The average molecular weight is 354 g/mol. The van der Waals surface area contributed by atoms with Crippen molar-refractivity contribution in [3.63, 3.8) is 0 Å². The minimum Gasteiger partial charge on any atom is -0.478 e. The normalized spacial score (nSPS) is 15.5. The minimum atomic E-state index is -0.850. The molecule has 1 aromatic rings. The lowest BCUT2D eigenvalue weighted by Gasteiger charge is -2.11. The van der Waals surface area contributed by atoms with E-state index in [0.717, 1.165) is 12.1 Å². The lowest BCUT2D eigenvalue weighted by Crippen LogP contribution is -2.14. The molecule has 0 radical (unpaired) electrons. The molecule has 1 atom stereocenters. The molecule has 0 fully saturated rings. The van der Waals surface area contributed by atoms with Crippen molar-refractivity contribution >= 4 is 24.1 Å². The van der Waals surface area contributed by atoms with Gasteiger partial charge in [-0.05, 0) is 30.5 Å². The summed E-state index contributed by atoms with van der Waals surface area (Å²) < 4.78 is 0. The number of carbonyl (C=O) groups is 1. The molecule has 2 rings (SSSR count). The summed E-state index contributed by atoms with van der Waals surface area (Å²) in [5.41, 5.74) is 2.65. The van der Waals surface area contributed by atoms with Crippen LogP contribution in [0.3, 0.4) is 0 Å². The van der Waals surface area contributed by atoms with Crippen LogP contribution in [0, 0.1) is 0 Å². The topological polar surface area (TPSA) is 49.3 Å². The van der Waals surface area contributed by atoms with Crippen LogP contribution < -0.4 is 5.32 Å². The van der Waals surface area contributed by atoms with E-state index >= 15 is 0 Å². The predicted octanol–water partition coefficient (Wildman–Crippen LogP) is 6.06. The van der Waals surface area contributed by atoms with Gasteiger partial charge < -0.3 is 10.4 Å². The smallest absolute Gasteiger partial charge is 0.335 e. The number of nitrogens with one attached hydrogen (secondary N) is 1. The van der Waals surface area contributed by atoms with Gasteiger partial charge in [-0.3, -0.25) is 0 Å². The summed E-state index contributed by atoms with van der Waals surface area (Å²) >= 11 is 0. The standard InChI is InChI=1S/C20H31NO2.ClH/c1-2-3-4-5-6-7-8-9-10-11-18-14-16-12-13-17(20(22)23)15-19(16)21-18;/h12-13,15,18,21H,2-11,14H2,1H3,(H,22,23);1H/t18-;/m0./s1.